The molecule has 3 nitrogen and oxygen atoms in total. The fraction of sp³-hybridized carbons (Fsp3) is 0.417. The van der Waals surface area contributed by atoms with Crippen molar-refractivity contribution in [2.75, 3.05) is 0 Å². The summed E-state index contributed by atoms with van der Waals surface area (Å²) in [4.78, 5) is 11.7. The van der Waals surface area contributed by atoms with Gasteiger partial charge in [-0.05, 0) is 18.1 Å². The highest BCUT2D eigenvalue weighted by molar-refractivity contribution is 5.94. The number of carbonyl (C=O) groups excluding carboxylic acids is 1. The summed E-state index contributed by atoms with van der Waals surface area (Å²) in [6.45, 7) is 5.51. The first-order valence-corrected chi connectivity index (χ1v) is 5.08. The second kappa shape index (κ2) is 3.26. The third kappa shape index (κ3) is 1.69. The Morgan fingerprint density at radius 2 is 2.00 bits per heavy atom. The first-order chi connectivity index (χ1) is 7.03. The van der Waals surface area contributed by atoms with Gasteiger partial charge in [-0.2, -0.15) is 0 Å². The molecule has 0 saturated heterocycles. The van der Waals surface area contributed by atoms with E-state index in [0.29, 0.717) is 11.3 Å². The minimum Gasteiger partial charge on any atom is -0.452 e. The molecule has 1 aromatic rings. The number of carbonyl (C=O) groups is 1. The molecule has 80 valence electrons. The minimum absolute atomic E-state index is 0.309. The van der Waals surface area contributed by atoms with Crippen LogP contribution in [0.25, 0.3) is 0 Å². The average Bonchev–Trinajstić information content (AvgIpc) is 2.15. The molecule has 0 bridgehead atoms. The molecule has 0 fully saturated rings. The van der Waals surface area contributed by atoms with Crippen LogP contribution in [0.5, 0.6) is 5.75 Å². The van der Waals surface area contributed by atoms with Crippen molar-refractivity contribution in [2.45, 2.75) is 33.0 Å². The van der Waals surface area contributed by atoms with Gasteiger partial charge in [0, 0.05) is 13.8 Å². The van der Waals surface area contributed by atoms with E-state index in [9.17, 15) is 4.79 Å². The van der Waals surface area contributed by atoms with Gasteiger partial charge in [-0.25, -0.2) is 4.79 Å². The van der Waals surface area contributed by atoms with Gasteiger partial charge in [0.15, 0.2) is 0 Å². The van der Waals surface area contributed by atoms with Crippen LogP contribution in [0.1, 0.15) is 36.7 Å². The molecule has 0 aromatic heterocycles. The molecular weight excluding hydrogens is 192 g/mol. The lowest BCUT2D eigenvalue weighted by atomic mass is 10.1. The maximum atomic E-state index is 11.7. The molecule has 0 radical (unpaired) electrons. The van der Waals surface area contributed by atoms with Crippen molar-refractivity contribution in [1.29, 1.82) is 0 Å². The molecule has 15 heavy (non-hydrogen) atoms. The van der Waals surface area contributed by atoms with Crippen molar-refractivity contribution in [1.82, 2.24) is 0 Å². The van der Waals surface area contributed by atoms with E-state index in [1.807, 2.05) is 19.1 Å². The van der Waals surface area contributed by atoms with E-state index in [-0.39, 0.29) is 5.97 Å². The third-order valence-corrected chi connectivity index (χ3v) is 2.38. The lowest BCUT2D eigenvalue weighted by molar-refractivity contribution is -0.127. The van der Waals surface area contributed by atoms with E-state index in [0.717, 1.165) is 12.0 Å². The lowest BCUT2D eigenvalue weighted by Gasteiger charge is -2.32. The zero-order chi connectivity index (χ0) is 11.1. The van der Waals surface area contributed by atoms with Crippen LogP contribution < -0.4 is 4.74 Å². The molecular formula is C12H14O3. The Hall–Kier alpha value is -1.51. The summed E-state index contributed by atoms with van der Waals surface area (Å²) in [5.74, 6) is -0.507. The zero-order valence-electron chi connectivity index (χ0n) is 9.16. The van der Waals surface area contributed by atoms with E-state index in [1.54, 1.807) is 19.9 Å². The smallest absolute Gasteiger partial charge is 0.345 e. The molecule has 0 aliphatic carbocycles. The summed E-state index contributed by atoms with van der Waals surface area (Å²) in [5, 5.41) is 0. The highest BCUT2D eigenvalue weighted by Gasteiger charge is 2.34. The normalized spacial score (nSPS) is 17.7. The van der Waals surface area contributed by atoms with Crippen LogP contribution >= 0.6 is 0 Å². The van der Waals surface area contributed by atoms with Gasteiger partial charge in [0.1, 0.15) is 11.3 Å². The lowest BCUT2D eigenvalue weighted by Crippen LogP contribution is -2.39. The number of hydrogen-bond donors (Lipinski definition) is 0. The van der Waals surface area contributed by atoms with Gasteiger partial charge in [0.05, 0.1) is 0 Å². The predicted octanol–water partition coefficient (Wildman–Crippen LogP) is 2.53. The topological polar surface area (TPSA) is 35.5 Å². The van der Waals surface area contributed by atoms with Gasteiger partial charge in [-0.1, -0.05) is 19.1 Å². The van der Waals surface area contributed by atoms with Crippen molar-refractivity contribution in [3.63, 3.8) is 0 Å². The number of cyclic esters (lactones) is 1. The van der Waals surface area contributed by atoms with E-state index in [4.69, 9.17) is 9.47 Å². The molecule has 0 amide bonds. The van der Waals surface area contributed by atoms with Crippen LogP contribution in [-0.2, 0) is 11.2 Å². The molecule has 0 unspecified atom stereocenters. The average molecular weight is 206 g/mol. The van der Waals surface area contributed by atoms with Crippen molar-refractivity contribution in [3.8, 4) is 5.75 Å². The summed E-state index contributed by atoms with van der Waals surface area (Å²) in [7, 11) is 0. The Labute approximate surface area is 89.0 Å². The number of aryl methyl sites for hydroxylation is 1. The third-order valence-electron chi connectivity index (χ3n) is 2.38. The molecule has 2 rings (SSSR count). The molecule has 0 spiro atoms. The molecule has 1 aliphatic rings. The zero-order valence-corrected chi connectivity index (χ0v) is 9.16. The number of esters is 1. The van der Waals surface area contributed by atoms with Gasteiger partial charge in [-0.3, -0.25) is 0 Å². The molecule has 1 heterocycles. The van der Waals surface area contributed by atoms with Crippen LogP contribution in [0.4, 0.5) is 0 Å². The Morgan fingerprint density at radius 3 is 2.67 bits per heavy atom. The van der Waals surface area contributed by atoms with Crippen LogP contribution in [0.3, 0.4) is 0 Å². The Balaban J connectivity index is 2.55. The van der Waals surface area contributed by atoms with Crippen LogP contribution in [0.2, 0.25) is 0 Å². The fourth-order valence-corrected chi connectivity index (χ4v) is 1.69. The first kappa shape index (κ1) is 10.0. The first-order valence-electron chi connectivity index (χ1n) is 5.08. The number of fused-ring (bicyclic) bond motifs is 1. The maximum Gasteiger partial charge on any atom is 0.345 e. The number of hydrogen-bond acceptors (Lipinski definition) is 3. The molecule has 1 aromatic carbocycles. The Kier molecular flexibility index (Phi) is 2.18. The molecule has 3 heteroatoms. The molecule has 0 saturated carbocycles. The van der Waals surface area contributed by atoms with Crippen molar-refractivity contribution in [3.05, 3.63) is 29.3 Å². The van der Waals surface area contributed by atoms with E-state index >= 15 is 0 Å². The van der Waals surface area contributed by atoms with E-state index in [1.165, 1.54) is 0 Å². The highest BCUT2D eigenvalue weighted by Crippen LogP contribution is 2.34. The highest BCUT2D eigenvalue weighted by atomic mass is 16.7. The van der Waals surface area contributed by atoms with Crippen LogP contribution in [-0.4, -0.2) is 11.8 Å². The summed E-state index contributed by atoms with van der Waals surface area (Å²) in [5.41, 5.74) is 1.56. The fourth-order valence-electron chi connectivity index (χ4n) is 1.69. The van der Waals surface area contributed by atoms with Gasteiger partial charge >= 0.3 is 5.97 Å². The Bertz CT molecular complexity index is 407. The second-order valence-electron chi connectivity index (χ2n) is 4.04. The standard InChI is InChI=1S/C12H14O3/c1-4-8-6-5-7-9-10(8)14-12(2,3)15-11(9)13/h5-7H,4H2,1-3H3. The van der Waals surface area contributed by atoms with Crippen LogP contribution in [0.15, 0.2) is 18.2 Å². The van der Waals surface area contributed by atoms with Gasteiger partial charge in [0.2, 0.25) is 5.79 Å². The van der Waals surface area contributed by atoms with E-state index in [2.05, 4.69) is 0 Å². The van der Waals surface area contributed by atoms with Gasteiger partial charge in [0.25, 0.3) is 0 Å². The largest absolute Gasteiger partial charge is 0.452 e. The number of ether oxygens (including phenoxy) is 2. The maximum absolute atomic E-state index is 11.7. The van der Waals surface area contributed by atoms with Crippen molar-refractivity contribution < 1.29 is 14.3 Å². The SMILES string of the molecule is CCc1cccc2c1OC(C)(C)OC2=O. The van der Waals surface area contributed by atoms with Crippen molar-refractivity contribution >= 4 is 5.97 Å². The molecule has 0 atom stereocenters. The summed E-state index contributed by atoms with van der Waals surface area (Å²) in [6, 6.07) is 5.54. The molecule has 0 N–H and O–H groups in total. The van der Waals surface area contributed by atoms with Crippen LogP contribution in [0, 0.1) is 0 Å². The summed E-state index contributed by atoms with van der Waals surface area (Å²) in [6.07, 6.45) is 0.840. The van der Waals surface area contributed by atoms with Gasteiger partial charge in [-0.15, -0.1) is 0 Å². The predicted molar refractivity (Wildman–Crippen MR) is 55.9 cm³/mol. The summed E-state index contributed by atoms with van der Waals surface area (Å²) < 4.78 is 10.8. The monoisotopic (exact) mass is 206 g/mol. The molecule has 1 aliphatic heterocycles. The van der Waals surface area contributed by atoms with E-state index < -0.39 is 5.79 Å². The minimum atomic E-state index is -0.866. The second-order valence-corrected chi connectivity index (χ2v) is 4.04. The Morgan fingerprint density at radius 1 is 1.27 bits per heavy atom. The number of benzene rings is 1. The van der Waals surface area contributed by atoms with Gasteiger partial charge < -0.3 is 9.47 Å². The number of rotatable bonds is 1. The van der Waals surface area contributed by atoms with Crippen molar-refractivity contribution in [2.24, 2.45) is 0 Å². The quantitative estimate of drug-likeness (QED) is 0.662. The summed E-state index contributed by atoms with van der Waals surface area (Å²) >= 11 is 0. The number of para-hydroxylation sites is 1.